The maximum atomic E-state index is 12.4. The van der Waals surface area contributed by atoms with Crippen LogP contribution in [0.1, 0.15) is 24.8 Å². The highest BCUT2D eigenvalue weighted by molar-refractivity contribution is 5.98. The van der Waals surface area contributed by atoms with E-state index in [2.05, 4.69) is 0 Å². The Morgan fingerprint density at radius 2 is 2.28 bits per heavy atom. The number of carbonyl (C=O) groups excluding carboxylic acids is 1. The van der Waals surface area contributed by atoms with Gasteiger partial charge in [0.15, 0.2) is 0 Å². The van der Waals surface area contributed by atoms with Crippen molar-refractivity contribution in [1.29, 1.82) is 0 Å². The summed E-state index contributed by atoms with van der Waals surface area (Å²) in [5.74, 6) is 0.109. The standard InChI is InChI=1S/C14H18N2O2/c15-11-5-6-12-10(9-11)3-1-7-16(12)14(17)13-4-2-8-18-13/h5-6,9,13H,1-4,7-8,15H2. The van der Waals surface area contributed by atoms with Gasteiger partial charge in [-0.25, -0.2) is 0 Å². The first-order chi connectivity index (χ1) is 8.75. The number of nitrogens with zero attached hydrogens (tertiary/aromatic N) is 1. The first-order valence-corrected chi connectivity index (χ1v) is 6.57. The van der Waals surface area contributed by atoms with Gasteiger partial charge in [0.2, 0.25) is 0 Å². The number of amides is 1. The van der Waals surface area contributed by atoms with Gasteiger partial charge in [0.25, 0.3) is 5.91 Å². The molecule has 1 aromatic carbocycles. The van der Waals surface area contributed by atoms with Gasteiger partial charge >= 0.3 is 0 Å². The van der Waals surface area contributed by atoms with E-state index in [1.165, 1.54) is 5.56 Å². The number of benzene rings is 1. The van der Waals surface area contributed by atoms with E-state index in [-0.39, 0.29) is 12.0 Å². The Morgan fingerprint density at radius 3 is 3.06 bits per heavy atom. The van der Waals surface area contributed by atoms with Crippen molar-refractivity contribution in [2.24, 2.45) is 0 Å². The molecule has 3 rings (SSSR count). The van der Waals surface area contributed by atoms with Gasteiger partial charge < -0.3 is 15.4 Å². The van der Waals surface area contributed by atoms with Gasteiger partial charge in [0, 0.05) is 24.5 Å². The fraction of sp³-hybridized carbons (Fsp3) is 0.500. The number of anilines is 2. The summed E-state index contributed by atoms with van der Waals surface area (Å²) < 4.78 is 5.49. The van der Waals surface area contributed by atoms with Crippen LogP contribution in [-0.4, -0.2) is 25.2 Å². The molecular formula is C14H18N2O2. The predicted molar refractivity (Wildman–Crippen MR) is 70.5 cm³/mol. The van der Waals surface area contributed by atoms with Crippen molar-refractivity contribution in [3.8, 4) is 0 Å². The summed E-state index contributed by atoms with van der Waals surface area (Å²) in [5, 5.41) is 0. The molecule has 1 unspecified atom stereocenters. The Hall–Kier alpha value is -1.55. The lowest BCUT2D eigenvalue weighted by molar-refractivity contribution is -0.127. The third-order valence-corrected chi connectivity index (χ3v) is 3.69. The molecule has 2 heterocycles. The van der Waals surface area contributed by atoms with Crippen molar-refractivity contribution < 1.29 is 9.53 Å². The van der Waals surface area contributed by atoms with E-state index in [1.807, 2.05) is 23.1 Å². The molecule has 1 amide bonds. The number of aryl methyl sites for hydroxylation is 1. The molecule has 2 aliphatic rings. The number of hydrogen-bond acceptors (Lipinski definition) is 3. The second-order valence-electron chi connectivity index (χ2n) is 4.98. The van der Waals surface area contributed by atoms with Gasteiger partial charge in [0.05, 0.1) is 0 Å². The number of nitrogens with two attached hydrogens (primary N) is 1. The number of nitrogen functional groups attached to an aromatic ring is 1. The minimum absolute atomic E-state index is 0.109. The van der Waals surface area contributed by atoms with Crippen molar-refractivity contribution in [2.75, 3.05) is 23.8 Å². The van der Waals surface area contributed by atoms with E-state index in [0.29, 0.717) is 6.61 Å². The van der Waals surface area contributed by atoms with Crippen molar-refractivity contribution in [2.45, 2.75) is 31.8 Å². The molecule has 0 saturated carbocycles. The van der Waals surface area contributed by atoms with E-state index in [9.17, 15) is 4.79 Å². The zero-order valence-corrected chi connectivity index (χ0v) is 10.4. The maximum Gasteiger partial charge on any atom is 0.256 e. The molecule has 4 nitrogen and oxygen atoms in total. The molecule has 4 heteroatoms. The average molecular weight is 246 g/mol. The molecule has 0 bridgehead atoms. The monoisotopic (exact) mass is 246 g/mol. The molecule has 2 aliphatic heterocycles. The van der Waals surface area contributed by atoms with Crippen LogP contribution in [0.5, 0.6) is 0 Å². The molecule has 0 aromatic heterocycles. The Kier molecular flexibility index (Phi) is 2.96. The molecule has 96 valence electrons. The van der Waals surface area contributed by atoms with Crippen LogP contribution < -0.4 is 10.6 Å². The van der Waals surface area contributed by atoms with Crippen LogP contribution in [0.4, 0.5) is 11.4 Å². The minimum Gasteiger partial charge on any atom is -0.399 e. The van der Waals surface area contributed by atoms with Crippen LogP contribution in [0.25, 0.3) is 0 Å². The van der Waals surface area contributed by atoms with Crippen LogP contribution >= 0.6 is 0 Å². The highest BCUT2D eigenvalue weighted by Crippen LogP contribution is 2.30. The van der Waals surface area contributed by atoms with Gasteiger partial charge in [-0.05, 0) is 49.4 Å². The van der Waals surface area contributed by atoms with Crippen LogP contribution in [0.3, 0.4) is 0 Å². The Bertz CT molecular complexity index is 467. The first kappa shape index (κ1) is 11.5. The third kappa shape index (κ3) is 1.97. The molecule has 0 spiro atoms. The number of rotatable bonds is 1. The summed E-state index contributed by atoms with van der Waals surface area (Å²) in [7, 11) is 0. The Labute approximate surface area is 107 Å². The highest BCUT2D eigenvalue weighted by Gasteiger charge is 2.31. The van der Waals surface area contributed by atoms with E-state index in [0.717, 1.165) is 43.6 Å². The zero-order chi connectivity index (χ0) is 12.5. The second-order valence-corrected chi connectivity index (χ2v) is 4.98. The summed E-state index contributed by atoms with van der Waals surface area (Å²) in [5.41, 5.74) is 8.75. The van der Waals surface area contributed by atoms with Gasteiger partial charge in [0.1, 0.15) is 6.10 Å². The van der Waals surface area contributed by atoms with Crippen LogP contribution in [0.15, 0.2) is 18.2 Å². The lowest BCUT2D eigenvalue weighted by Crippen LogP contribution is -2.42. The SMILES string of the molecule is Nc1ccc2c(c1)CCCN2C(=O)C1CCCO1. The van der Waals surface area contributed by atoms with Crippen molar-refractivity contribution in [1.82, 2.24) is 0 Å². The average Bonchev–Trinajstić information content (AvgIpc) is 2.90. The van der Waals surface area contributed by atoms with Crippen molar-refractivity contribution in [3.05, 3.63) is 23.8 Å². The van der Waals surface area contributed by atoms with Gasteiger partial charge in [-0.1, -0.05) is 0 Å². The number of fused-ring (bicyclic) bond motifs is 1. The fourth-order valence-electron chi connectivity index (χ4n) is 2.79. The Balaban J connectivity index is 1.88. The minimum atomic E-state index is -0.242. The summed E-state index contributed by atoms with van der Waals surface area (Å²) in [6, 6.07) is 5.79. The molecule has 1 fully saturated rings. The number of hydrogen-bond donors (Lipinski definition) is 1. The number of carbonyl (C=O) groups is 1. The summed E-state index contributed by atoms with van der Waals surface area (Å²) >= 11 is 0. The quantitative estimate of drug-likeness (QED) is 0.768. The van der Waals surface area contributed by atoms with Gasteiger partial charge in [-0.3, -0.25) is 4.79 Å². The molecule has 1 saturated heterocycles. The van der Waals surface area contributed by atoms with Gasteiger partial charge in [-0.2, -0.15) is 0 Å². The lowest BCUT2D eigenvalue weighted by Gasteiger charge is -2.31. The Morgan fingerprint density at radius 1 is 1.39 bits per heavy atom. The number of ether oxygens (including phenoxy) is 1. The lowest BCUT2D eigenvalue weighted by atomic mass is 10.00. The van der Waals surface area contributed by atoms with E-state index >= 15 is 0 Å². The molecule has 1 atom stereocenters. The van der Waals surface area contributed by atoms with E-state index in [4.69, 9.17) is 10.5 Å². The zero-order valence-electron chi connectivity index (χ0n) is 10.4. The second kappa shape index (κ2) is 4.61. The fourth-order valence-corrected chi connectivity index (χ4v) is 2.79. The maximum absolute atomic E-state index is 12.4. The normalized spacial score (nSPS) is 22.9. The molecular weight excluding hydrogens is 228 g/mol. The van der Waals surface area contributed by atoms with Crippen LogP contribution in [0.2, 0.25) is 0 Å². The molecule has 18 heavy (non-hydrogen) atoms. The molecule has 1 aromatic rings. The smallest absolute Gasteiger partial charge is 0.256 e. The first-order valence-electron chi connectivity index (χ1n) is 6.57. The predicted octanol–water partition coefficient (Wildman–Crippen LogP) is 1.73. The largest absolute Gasteiger partial charge is 0.399 e. The topological polar surface area (TPSA) is 55.6 Å². The summed E-state index contributed by atoms with van der Waals surface area (Å²) in [6.07, 6.45) is 3.58. The summed E-state index contributed by atoms with van der Waals surface area (Å²) in [6.45, 7) is 1.49. The van der Waals surface area contributed by atoms with E-state index in [1.54, 1.807) is 0 Å². The molecule has 0 aliphatic carbocycles. The van der Waals surface area contributed by atoms with Crippen molar-refractivity contribution >= 4 is 17.3 Å². The molecule has 0 radical (unpaired) electrons. The van der Waals surface area contributed by atoms with Crippen LogP contribution in [0, 0.1) is 0 Å². The highest BCUT2D eigenvalue weighted by atomic mass is 16.5. The van der Waals surface area contributed by atoms with Crippen molar-refractivity contribution in [3.63, 3.8) is 0 Å². The van der Waals surface area contributed by atoms with Gasteiger partial charge in [-0.15, -0.1) is 0 Å². The van der Waals surface area contributed by atoms with E-state index < -0.39 is 0 Å². The molecule has 2 N–H and O–H groups in total. The third-order valence-electron chi connectivity index (χ3n) is 3.69. The summed E-state index contributed by atoms with van der Waals surface area (Å²) in [4.78, 5) is 14.3. The van der Waals surface area contributed by atoms with Crippen LogP contribution in [-0.2, 0) is 16.0 Å².